The number of aromatic nitrogens is 2. The van der Waals surface area contributed by atoms with Gasteiger partial charge in [0, 0.05) is 12.1 Å². The highest BCUT2D eigenvalue weighted by Crippen LogP contribution is 2.40. The van der Waals surface area contributed by atoms with Crippen LogP contribution in [0.3, 0.4) is 0 Å². The maximum absolute atomic E-state index is 12.4. The first-order chi connectivity index (χ1) is 10.0. The van der Waals surface area contributed by atoms with Crippen molar-refractivity contribution < 1.29 is 9.21 Å². The molecule has 0 radical (unpaired) electrons. The highest BCUT2D eigenvalue weighted by Gasteiger charge is 2.38. The molecule has 1 amide bonds. The van der Waals surface area contributed by atoms with E-state index in [1.165, 1.54) is 6.33 Å². The van der Waals surface area contributed by atoms with Crippen molar-refractivity contribution in [2.75, 3.05) is 11.9 Å². The van der Waals surface area contributed by atoms with Crippen LogP contribution in [0.1, 0.15) is 49.2 Å². The minimum absolute atomic E-state index is 0.0730. The molecule has 21 heavy (non-hydrogen) atoms. The lowest BCUT2D eigenvalue weighted by molar-refractivity contribution is 0.0953. The number of anilines is 1. The van der Waals surface area contributed by atoms with Gasteiger partial charge >= 0.3 is 0 Å². The second kappa shape index (κ2) is 5.02. The number of furan rings is 1. The quantitative estimate of drug-likeness (QED) is 0.884. The first-order valence-corrected chi connectivity index (χ1v) is 7.34. The molecular weight excluding hydrogens is 268 g/mol. The van der Waals surface area contributed by atoms with Gasteiger partial charge in [-0.05, 0) is 33.1 Å². The van der Waals surface area contributed by atoms with Gasteiger partial charge < -0.3 is 15.1 Å². The van der Waals surface area contributed by atoms with E-state index >= 15 is 0 Å². The van der Waals surface area contributed by atoms with Gasteiger partial charge in [0.1, 0.15) is 17.9 Å². The number of carbonyl (C=O) groups is 1. The Balaban J connectivity index is 2.05. The zero-order valence-corrected chi connectivity index (χ0v) is 12.6. The summed E-state index contributed by atoms with van der Waals surface area (Å²) < 4.78 is 5.62. The summed E-state index contributed by atoms with van der Waals surface area (Å²) in [6.45, 7) is 6.58. The van der Waals surface area contributed by atoms with Crippen molar-refractivity contribution >= 4 is 22.8 Å². The van der Waals surface area contributed by atoms with Crippen LogP contribution in [-0.4, -0.2) is 28.0 Å². The smallest absolute Gasteiger partial charge is 0.255 e. The topological polar surface area (TPSA) is 80.1 Å². The van der Waals surface area contributed by atoms with E-state index in [9.17, 15) is 4.79 Å². The highest BCUT2D eigenvalue weighted by molar-refractivity contribution is 6.10. The Labute approximate surface area is 123 Å². The largest absolute Gasteiger partial charge is 0.442 e. The third kappa shape index (κ3) is 2.57. The molecule has 0 saturated heterocycles. The van der Waals surface area contributed by atoms with E-state index in [1.54, 1.807) is 6.92 Å². The van der Waals surface area contributed by atoms with Gasteiger partial charge in [0.05, 0.1) is 10.9 Å². The molecule has 2 N–H and O–H groups in total. The van der Waals surface area contributed by atoms with Crippen LogP contribution in [0.15, 0.2) is 10.7 Å². The third-order valence-corrected chi connectivity index (χ3v) is 3.85. The van der Waals surface area contributed by atoms with Crippen LogP contribution in [0.4, 0.5) is 5.82 Å². The standard InChI is InChI=1S/C15H20N4O2/c1-4-7-16-13(20)10-9(2)21-14-11(10)12(17-8-18-14)19-15(3)5-6-15/h8H,4-7H2,1-3H3,(H,16,20)(H,17,18,19). The van der Waals surface area contributed by atoms with Gasteiger partial charge in [0.2, 0.25) is 5.71 Å². The van der Waals surface area contributed by atoms with Gasteiger partial charge in [-0.25, -0.2) is 9.97 Å². The van der Waals surface area contributed by atoms with E-state index in [4.69, 9.17) is 4.42 Å². The number of hydrogen-bond donors (Lipinski definition) is 2. The number of aryl methyl sites for hydroxylation is 1. The minimum Gasteiger partial charge on any atom is -0.442 e. The predicted octanol–water partition coefficient (Wildman–Crippen LogP) is 2.64. The Kier molecular flexibility index (Phi) is 3.31. The van der Waals surface area contributed by atoms with Crippen LogP contribution in [0.5, 0.6) is 0 Å². The molecule has 1 aliphatic carbocycles. The average molecular weight is 288 g/mol. The van der Waals surface area contributed by atoms with Crippen molar-refractivity contribution in [2.45, 2.75) is 45.6 Å². The second-order valence-electron chi connectivity index (χ2n) is 5.88. The summed E-state index contributed by atoms with van der Waals surface area (Å²) in [5.41, 5.74) is 1.06. The summed E-state index contributed by atoms with van der Waals surface area (Å²) in [5, 5.41) is 6.98. The molecule has 0 aromatic carbocycles. The van der Waals surface area contributed by atoms with Crippen LogP contribution in [-0.2, 0) is 0 Å². The van der Waals surface area contributed by atoms with Gasteiger partial charge in [0.25, 0.3) is 5.91 Å². The number of amides is 1. The molecule has 2 heterocycles. The van der Waals surface area contributed by atoms with E-state index in [-0.39, 0.29) is 11.4 Å². The number of nitrogens with zero attached hydrogens (tertiary/aromatic N) is 2. The molecular formula is C15H20N4O2. The number of rotatable bonds is 5. The summed E-state index contributed by atoms with van der Waals surface area (Å²) >= 11 is 0. The molecule has 0 spiro atoms. The van der Waals surface area contributed by atoms with Crippen molar-refractivity contribution in [3.8, 4) is 0 Å². The molecule has 6 nitrogen and oxygen atoms in total. The second-order valence-corrected chi connectivity index (χ2v) is 5.88. The molecule has 1 saturated carbocycles. The van der Waals surface area contributed by atoms with Crippen molar-refractivity contribution in [2.24, 2.45) is 0 Å². The highest BCUT2D eigenvalue weighted by atomic mass is 16.3. The molecule has 1 aliphatic rings. The van der Waals surface area contributed by atoms with Crippen molar-refractivity contribution in [1.29, 1.82) is 0 Å². The third-order valence-electron chi connectivity index (χ3n) is 3.85. The molecule has 0 aliphatic heterocycles. The molecule has 1 fully saturated rings. The van der Waals surface area contributed by atoms with Crippen molar-refractivity contribution in [1.82, 2.24) is 15.3 Å². The summed E-state index contributed by atoms with van der Waals surface area (Å²) in [5.74, 6) is 1.12. The van der Waals surface area contributed by atoms with Gasteiger partial charge in [-0.15, -0.1) is 0 Å². The normalized spacial score (nSPS) is 16.0. The molecule has 112 valence electrons. The Morgan fingerprint density at radius 1 is 1.43 bits per heavy atom. The molecule has 0 atom stereocenters. The van der Waals surface area contributed by atoms with Crippen LogP contribution < -0.4 is 10.6 Å². The lowest BCUT2D eigenvalue weighted by atomic mass is 10.1. The average Bonchev–Trinajstić information content (AvgIpc) is 3.06. The zero-order chi connectivity index (χ0) is 15.0. The van der Waals surface area contributed by atoms with Gasteiger partial charge in [0.15, 0.2) is 0 Å². The molecule has 6 heteroatoms. The summed E-state index contributed by atoms with van der Waals surface area (Å²) in [6, 6.07) is 0. The van der Waals surface area contributed by atoms with Gasteiger partial charge in [-0.3, -0.25) is 4.79 Å². The van der Waals surface area contributed by atoms with E-state index in [0.29, 0.717) is 34.8 Å². The number of nitrogens with one attached hydrogen (secondary N) is 2. The maximum atomic E-state index is 12.4. The molecule has 3 rings (SSSR count). The lowest BCUT2D eigenvalue weighted by Gasteiger charge is -2.13. The van der Waals surface area contributed by atoms with Crippen molar-refractivity contribution in [3.63, 3.8) is 0 Å². The fourth-order valence-electron chi connectivity index (χ4n) is 2.34. The summed E-state index contributed by atoms with van der Waals surface area (Å²) in [7, 11) is 0. The minimum atomic E-state index is -0.132. The van der Waals surface area contributed by atoms with E-state index in [0.717, 1.165) is 19.3 Å². The van der Waals surface area contributed by atoms with E-state index < -0.39 is 0 Å². The van der Waals surface area contributed by atoms with Crippen molar-refractivity contribution in [3.05, 3.63) is 17.7 Å². The van der Waals surface area contributed by atoms with Crippen LogP contribution in [0, 0.1) is 6.92 Å². The van der Waals surface area contributed by atoms with E-state index in [2.05, 4.69) is 27.5 Å². The zero-order valence-electron chi connectivity index (χ0n) is 12.6. The number of fused-ring (bicyclic) bond motifs is 1. The Hall–Kier alpha value is -2.11. The molecule has 0 unspecified atom stereocenters. The fourth-order valence-corrected chi connectivity index (χ4v) is 2.34. The number of hydrogen-bond acceptors (Lipinski definition) is 5. The van der Waals surface area contributed by atoms with Crippen LogP contribution in [0.25, 0.3) is 11.1 Å². The summed E-state index contributed by atoms with van der Waals surface area (Å²) in [6.07, 6.45) is 4.56. The lowest BCUT2D eigenvalue weighted by Crippen LogP contribution is -2.25. The number of carbonyl (C=O) groups excluding carboxylic acids is 1. The Bertz CT molecular complexity index is 688. The maximum Gasteiger partial charge on any atom is 0.255 e. The van der Waals surface area contributed by atoms with E-state index in [1.807, 2.05) is 6.92 Å². The Morgan fingerprint density at radius 2 is 2.19 bits per heavy atom. The van der Waals surface area contributed by atoms with Crippen LogP contribution in [0.2, 0.25) is 0 Å². The summed E-state index contributed by atoms with van der Waals surface area (Å²) in [4.78, 5) is 20.8. The first-order valence-electron chi connectivity index (χ1n) is 7.34. The van der Waals surface area contributed by atoms with Crippen LogP contribution >= 0.6 is 0 Å². The first kappa shape index (κ1) is 13.9. The van der Waals surface area contributed by atoms with Gasteiger partial charge in [-0.1, -0.05) is 6.92 Å². The molecule has 2 aromatic rings. The molecule has 2 aromatic heterocycles. The SMILES string of the molecule is CCCNC(=O)c1c(C)oc2ncnc(NC3(C)CC3)c12. The predicted molar refractivity (Wildman–Crippen MR) is 80.4 cm³/mol. The van der Waals surface area contributed by atoms with Gasteiger partial charge in [-0.2, -0.15) is 0 Å². The molecule has 0 bridgehead atoms. The Morgan fingerprint density at radius 3 is 2.86 bits per heavy atom. The monoisotopic (exact) mass is 288 g/mol. The fraction of sp³-hybridized carbons (Fsp3) is 0.533.